The van der Waals surface area contributed by atoms with E-state index in [2.05, 4.69) is 16.0 Å². The molecule has 35 heavy (non-hydrogen) atoms. The lowest BCUT2D eigenvalue weighted by Crippen LogP contribution is -2.60. The van der Waals surface area contributed by atoms with Gasteiger partial charge in [-0.3, -0.25) is 4.79 Å². The number of carbonyl (C=O) groups excluding carboxylic acids is 3. The van der Waals surface area contributed by atoms with Gasteiger partial charge in [-0.15, -0.1) is 0 Å². The molecule has 3 atom stereocenters. The Kier molecular flexibility index (Phi) is 8.94. The van der Waals surface area contributed by atoms with Crippen molar-refractivity contribution in [3.8, 4) is 5.75 Å². The number of piperazine rings is 1. The second-order valence-electron chi connectivity index (χ2n) is 8.82. The number of carbonyl (C=O) groups is 3. The van der Waals surface area contributed by atoms with Crippen molar-refractivity contribution in [3.63, 3.8) is 0 Å². The van der Waals surface area contributed by atoms with Crippen LogP contribution in [0.3, 0.4) is 0 Å². The first-order valence-electron chi connectivity index (χ1n) is 11.9. The minimum atomic E-state index is -0.678. The topological polar surface area (TPSA) is 103 Å². The van der Waals surface area contributed by atoms with Gasteiger partial charge < -0.3 is 30.5 Å². The number of hydrogen-bond donors (Lipinski definition) is 3. The molecule has 9 nitrogen and oxygen atoms in total. The van der Waals surface area contributed by atoms with Gasteiger partial charge in [0.25, 0.3) is 0 Å². The van der Waals surface area contributed by atoms with Crippen molar-refractivity contribution in [2.24, 2.45) is 5.92 Å². The molecule has 1 saturated heterocycles. The number of urea groups is 2. The number of nitrogens with one attached hydrogen (secondary N) is 3. The van der Waals surface area contributed by atoms with Gasteiger partial charge in [0.2, 0.25) is 5.91 Å². The molecule has 1 fully saturated rings. The summed E-state index contributed by atoms with van der Waals surface area (Å²) in [5.74, 6) is 0.420. The summed E-state index contributed by atoms with van der Waals surface area (Å²) in [5.41, 5.74) is 1.30. The van der Waals surface area contributed by atoms with Crippen LogP contribution in [0.15, 0.2) is 54.6 Å². The Bertz CT molecular complexity index is 1020. The fourth-order valence-electron chi connectivity index (χ4n) is 4.07. The molecule has 3 unspecified atom stereocenters. The van der Waals surface area contributed by atoms with Crippen molar-refractivity contribution in [2.75, 3.05) is 37.4 Å². The lowest BCUT2D eigenvalue weighted by Gasteiger charge is -2.41. The number of benzene rings is 2. The standard InChI is InChI=1S/C26H35N5O4/c1-5-18(2)23(29-25(33)27-21-12-9-13-22(16-21)35-4)24(32)30-14-15-31(19(3)17-30)26(34)28-20-10-7-6-8-11-20/h6-13,16,18-19,23H,5,14-15,17H2,1-4H3,(H,28,34)(H2,27,29,33). The molecule has 1 aliphatic heterocycles. The van der Waals surface area contributed by atoms with E-state index in [0.29, 0.717) is 31.1 Å². The van der Waals surface area contributed by atoms with Gasteiger partial charge in [0, 0.05) is 43.1 Å². The molecule has 188 valence electrons. The van der Waals surface area contributed by atoms with Crippen molar-refractivity contribution in [3.05, 3.63) is 54.6 Å². The van der Waals surface area contributed by atoms with E-state index >= 15 is 0 Å². The summed E-state index contributed by atoms with van der Waals surface area (Å²) in [4.78, 5) is 42.4. The molecule has 0 aromatic heterocycles. The van der Waals surface area contributed by atoms with Crippen LogP contribution in [0.25, 0.3) is 0 Å². The van der Waals surface area contributed by atoms with Gasteiger partial charge in [0.15, 0.2) is 0 Å². The monoisotopic (exact) mass is 481 g/mol. The lowest BCUT2D eigenvalue weighted by molar-refractivity contribution is -0.136. The average Bonchev–Trinajstić information content (AvgIpc) is 2.87. The van der Waals surface area contributed by atoms with E-state index < -0.39 is 12.1 Å². The summed E-state index contributed by atoms with van der Waals surface area (Å²) in [7, 11) is 1.56. The van der Waals surface area contributed by atoms with Crippen LogP contribution in [0.1, 0.15) is 27.2 Å². The highest BCUT2D eigenvalue weighted by atomic mass is 16.5. The maximum absolute atomic E-state index is 13.4. The molecule has 5 amide bonds. The first kappa shape index (κ1) is 25.9. The molecular formula is C26H35N5O4. The molecule has 2 aromatic rings. The SMILES string of the molecule is CCC(C)C(NC(=O)Nc1cccc(OC)c1)C(=O)N1CCN(C(=O)Nc2ccccc2)C(C)C1. The Labute approximate surface area is 206 Å². The Morgan fingerprint density at radius 3 is 2.40 bits per heavy atom. The quantitative estimate of drug-likeness (QED) is 0.556. The number of methoxy groups -OCH3 is 1. The zero-order valence-corrected chi connectivity index (χ0v) is 20.8. The predicted molar refractivity (Wildman–Crippen MR) is 137 cm³/mol. The molecule has 1 aliphatic rings. The van der Waals surface area contributed by atoms with Crippen molar-refractivity contribution < 1.29 is 19.1 Å². The van der Waals surface area contributed by atoms with Gasteiger partial charge in [-0.25, -0.2) is 9.59 Å². The van der Waals surface area contributed by atoms with Gasteiger partial charge >= 0.3 is 12.1 Å². The third-order valence-corrected chi connectivity index (χ3v) is 6.32. The van der Waals surface area contributed by atoms with Crippen LogP contribution in [0.4, 0.5) is 21.0 Å². The van der Waals surface area contributed by atoms with Crippen LogP contribution in [0, 0.1) is 5.92 Å². The number of anilines is 2. The van der Waals surface area contributed by atoms with Crippen LogP contribution < -0.4 is 20.7 Å². The third kappa shape index (κ3) is 6.88. The molecule has 0 saturated carbocycles. The van der Waals surface area contributed by atoms with Crippen LogP contribution in [-0.2, 0) is 4.79 Å². The molecule has 1 heterocycles. The molecule has 0 spiro atoms. The Morgan fingerprint density at radius 1 is 1.03 bits per heavy atom. The summed E-state index contributed by atoms with van der Waals surface area (Å²) in [6.45, 7) is 7.06. The number of rotatable bonds is 7. The van der Waals surface area contributed by atoms with E-state index in [1.54, 1.807) is 41.2 Å². The van der Waals surface area contributed by atoms with E-state index in [4.69, 9.17) is 4.74 Å². The maximum Gasteiger partial charge on any atom is 0.322 e. The summed E-state index contributed by atoms with van der Waals surface area (Å²) in [6, 6.07) is 14.8. The Morgan fingerprint density at radius 2 is 1.74 bits per heavy atom. The van der Waals surface area contributed by atoms with Crippen molar-refractivity contribution in [1.29, 1.82) is 0 Å². The molecule has 0 radical (unpaired) electrons. The third-order valence-electron chi connectivity index (χ3n) is 6.32. The fraction of sp³-hybridized carbons (Fsp3) is 0.423. The minimum absolute atomic E-state index is 0.0618. The first-order valence-corrected chi connectivity index (χ1v) is 11.9. The van der Waals surface area contributed by atoms with Crippen molar-refractivity contribution in [1.82, 2.24) is 15.1 Å². The van der Waals surface area contributed by atoms with E-state index in [1.165, 1.54) is 0 Å². The van der Waals surface area contributed by atoms with Gasteiger partial charge in [0.05, 0.1) is 7.11 Å². The average molecular weight is 482 g/mol. The van der Waals surface area contributed by atoms with Gasteiger partial charge in [-0.05, 0) is 37.1 Å². The molecule has 0 aliphatic carbocycles. The van der Waals surface area contributed by atoms with E-state index in [9.17, 15) is 14.4 Å². The summed E-state index contributed by atoms with van der Waals surface area (Å²) in [5, 5.41) is 8.54. The van der Waals surface area contributed by atoms with Crippen LogP contribution in [0.5, 0.6) is 5.75 Å². The van der Waals surface area contributed by atoms with Gasteiger partial charge in [0.1, 0.15) is 11.8 Å². The number of para-hydroxylation sites is 1. The normalized spacial score (nSPS) is 17.2. The summed E-state index contributed by atoms with van der Waals surface area (Å²) in [6.07, 6.45) is 0.727. The van der Waals surface area contributed by atoms with Gasteiger partial charge in [-0.1, -0.05) is 44.5 Å². The van der Waals surface area contributed by atoms with Crippen LogP contribution >= 0.6 is 0 Å². The highest BCUT2D eigenvalue weighted by Gasteiger charge is 2.35. The largest absolute Gasteiger partial charge is 0.497 e. The zero-order chi connectivity index (χ0) is 25.4. The van der Waals surface area contributed by atoms with Crippen LogP contribution in [-0.4, -0.2) is 66.6 Å². The molecular weight excluding hydrogens is 446 g/mol. The van der Waals surface area contributed by atoms with Gasteiger partial charge in [-0.2, -0.15) is 0 Å². The summed E-state index contributed by atoms with van der Waals surface area (Å²) >= 11 is 0. The minimum Gasteiger partial charge on any atom is -0.497 e. The van der Waals surface area contributed by atoms with Crippen molar-refractivity contribution in [2.45, 2.75) is 39.3 Å². The van der Waals surface area contributed by atoms with E-state index in [0.717, 1.165) is 12.1 Å². The molecule has 9 heteroatoms. The Hall–Kier alpha value is -3.75. The second kappa shape index (κ2) is 12.1. The number of ether oxygens (including phenoxy) is 1. The van der Waals surface area contributed by atoms with Crippen LogP contribution in [0.2, 0.25) is 0 Å². The number of nitrogens with zero attached hydrogens (tertiary/aromatic N) is 2. The highest BCUT2D eigenvalue weighted by Crippen LogP contribution is 2.19. The van der Waals surface area contributed by atoms with E-state index in [-0.39, 0.29) is 23.9 Å². The molecule has 0 bridgehead atoms. The van der Waals surface area contributed by atoms with E-state index in [1.807, 2.05) is 51.1 Å². The second-order valence-corrected chi connectivity index (χ2v) is 8.82. The number of hydrogen-bond acceptors (Lipinski definition) is 4. The number of amides is 5. The fourth-order valence-corrected chi connectivity index (χ4v) is 4.07. The lowest BCUT2D eigenvalue weighted by atomic mass is 9.97. The Balaban J connectivity index is 1.61. The summed E-state index contributed by atoms with van der Waals surface area (Å²) < 4.78 is 5.19. The molecule has 3 N–H and O–H groups in total. The maximum atomic E-state index is 13.4. The smallest absolute Gasteiger partial charge is 0.322 e. The zero-order valence-electron chi connectivity index (χ0n) is 20.8. The first-order chi connectivity index (χ1) is 16.8. The molecule has 2 aromatic carbocycles. The predicted octanol–water partition coefficient (Wildman–Crippen LogP) is 4.00. The molecule has 3 rings (SSSR count). The van der Waals surface area contributed by atoms with Crippen molar-refractivity contribution >= 4 is 29.3 Å². The highest BCUT2D eigenvalue weighted by molar-refractivity contribution is 5.94.